The molecule has 0 amide bonds. The Balaban J connectivity index is 0.000000152. The topological polar surface area (TPSA) is 44.5 Å². The fraction of sp³-hybridized carbons (Fsp3) is 0.472. The molecule has 6 aromatic rings. The van der Waals surface area contributed by atoms with Crippen molar-refractivity contribution in [3.63, 3.8) is 0 Å². The summed E-state index contributed by atoms with van der Waals surface area (Å²) in [6, 6.07) is 40.0. The molecule has 2 saturated heterocycles. The highest BCUT2D eigenvalue weighted by Crippen LogP contribution is 2.54. The van der Waals surface area contributed by atoms with Crippen molar-refractivity contribution in [1.82, 2.24) is 29.6 Å². The number of para-hydroxylation sites is 2. The van der Waals surface area contributed by atoms with Gasteiger partial charge in [-0.1, -0.05) is 97.1 Å². The first-order valence-electron chi connectivity index (χ1n) is 22.8. The number of aromatic nitrogens is 2. The Hall–Kier alpha value is -4.20. The largest absolute Gasteiger partial charge is 0.357 e. The summed E-state index contributed by atoms with van der Waals surface area (Å²) >= 11 is 0. The number of fused-ring (bicyclic) bond motifs is 2. The van der Waals surface area contributed by atoms with Crippen LogP contribution in [0.5, 0.6) is 0 Å². The molecule has 10 rings (SSSR count). The minimum atomic E-state index is 0.129. The third-order valence-corrected chi connectivity index (χ3v) is 16.2. The molecule has 0 radical (unpaired) electrons. The smallest absolute Gasteiger partial charge is 0.0616 e. The standard InChI is InChI=1S/C27H35N3.C26H33N3/c1-21-23-13-7-8-14-24(23)28-25(21)27(30-19-9-10-20-30)17-15-26(16-18-27,29(2)3)22-11-5-4-6-12-22;1-20-22-12-7-8-13-23(22)27-24(20)26(29-18-9-19-29)16-14-25(15-17-26,28(2)3)21-10-5-4-6-11-21/h4-8,11-14,28H,9-10,15-20H2,1-3H3;4-8,10-13,27H,9,14-19H2,1-3H3. The monoisotopic (exact) mass is 789 g/mol. The molecule has 59 heavy (non-hydrogen) atoms. The Labute approximate surface area is 354 Å². The van der Waals surface area contributed by atoms with Gasteiger partial charge in [-0.05, 0) is 160 Å². The lowest BCUT2D eigenvalue weighted by molar-refractivity contribution is -0.0467. The summed E-state index contributed by atoms with van der Waals surface area (Å²) in [7, 11) is 9.06. The van der Waals surface area contributed by atoms with E-state index in [0.717, 1.165) is 0 Å². The van der Waals surface area contributed by atoms with E-state index in [2.05, 4.69) is 181 Å². The molecule has 4 heterocycles. The number of nitrogens with zero attached hydrogens (tertiary/aromatic N) is 4. The minimum Gasteiger partial charge on any atom is -0.357 e. The molecule has 2 aromatic heterocycles. The summed E-state index contributed by atoms with van der Waals surface area (Å²) < 4.78 is 0. The van der Waals surface area contributed by atoms with Crippen LogP contribution in [0.3, 0.4) is 0 Å². The molecular weight excluding hydrogens is 721 g/mol. The van der Waals surface area contributed by atoms with Crippen molar-refractivity contribution in [2.75, 3.05) is 54.4 Å². The van der Waals surface area contributed by atoms with Gasteiger partial charge < -0.3 is 9.97 Å². The van der Waals surface area contributed by atoms with Crippen LogP contribution in [0.4, 0.5) is 0 Å². The van der Waals surface area contributed by atoms with Crippen LogP contribution in [0.1, 0.15) is 104 Å². The number of likely N-dealkylation sites (tertiary alicyclic amines) is 2. The Morgan fingerprint density at radius 2 is 0.763 bits per heavy atom. The van der Waals surface area contributed by atoms with E-state index in [4.69, 9.17) is 0 Å². The third kappa shape index (κ3) is 6.70. The van der Waals surface area contributed by atoms with E-state index < -0.39 is 0 Å². The van der Waals surface area contributed by atoms with Crippen LogP contribution in [0, 0.1) is 13.8 Å². The molecule has 6 heteroatoms. The second-order valence-corrected chi connectivity index (χ2v) is 19.0. The zero-order valence-electron chi connectivity index (χ0n) is 36.8. The summed E-state index contributed by atoms with van der Waals surface area (Å²) in [6.45, 7) is 9.58. The van der Waals surface area contributed by atoms with Crippen molar-refractivity contribution < 1.29 is 0 Å². The van der Waals surface area contributed by atoms with Crippen LogP contribution in [-0.2, 0) is 22.2 Å². The highest BCUT2D eigenvalue weighted by atomic mass is 15.3. The van der Waals surface area contributed by atoms with Crippen molar-refractivity contribution in [2.45, 2.75) is 107 Å². The van der Waals surface area contributed by atoms with E-state index in [-0.39, 0.29) is 22.2 Å². The maximum Gasteiger partial charge on any atom is 0.0616 e. The Bertz CT molecular complexity index is 2330. The van der Waals surface area contributed by atoms with Gasteiger partial charge in [-0.25, -0.2) is 0 Å². The molecule has 2 N–H and O–H groups in total. The number of aromatic amines is 2. The van der Waals surface area contributed by atoms with Crippen molar-refractivity contribution >= 4 is 21.8 Å². The zero-order valence-corrected chi connectivity index (χ0v) is 36.8. The van der Waals surface area contributed by atoms with Crippen LogP contribution >= 0.6 is 0 Å². The maximum absolute atomic E-state index is 3.89. The molecule has 0 unspecified atom stereocenters. The van der Waals surface area contributed by atoms with E-state index in [1.165, 1.54) is 152 Å². The molecule has 4 fully saturated rings. The van der Waals surface area contributed by atoms with Crippen LogP contribution in [-0.4, -0.2) is 83.9 Å². The average Bonchev–Trinajstić information content (AvgIpc) is 4.00. The summed E-state index contributed by atoms with van der Waals surface area (Å²) in [5.74, 6) is 0. The van der Waals surface area contributed by atoms with Gasteiger partial charge >= 0.3 is 0 Å². The minimum absolute atomic E-state index is 0.129. The summed E-state index contributed by atoms with van der Waals surface area (Å²) in [4.78, 5) is 18.3. The fourth-order valence-electron chi connectivity index (χ4n) is 12.5. The SMILES string of the molecule is Cc1c(C2(N3CCC3)CCC(c3ccccc3)(N(C)C)CC2)[nH]c2ccccc12.Cc1c(C2(N3CCCC3)CCC(c3ccccc3)(N(C)C)CC2)[nH]c2ccccc12. The molecule has 4 aliphatic rings. The molecule has 310 valence electrons. The number of aryl methyl sites for hydroxylation is 2. The van der Waals surface area contributed by atoms with E-state index >= 15 is 0 Å². The van der Waals surface area contributed by atoms with Crippen molar-refractivity contribution in [3.8, 4) is 0 Å². The molecule has 0 bridgehead atoms. The molecule has 0 spiro atoms. The lowest BCUT2D eigenvalue weighted by Gasteiger charge is -2.56. The number of H-pyrrole nitrogens is 2. The third-order valence-electron chi connectivity index (χ3n) is 16.2. The van der Waals surface area contributed by atoms with Gasteiger partial charge in [0.2, 0.25) is 0 Å². The second-order valence-electron chi connectivity index (χ2n) is 19.0. The van der Waals surface area contributed by atoms with E-state index in [0.29, 0.717) is 0 Å². The van der Waals surface area contributed by atoms with Crippen molar-refractivity contribution in [1.29, 1.82) is 0 Å². The first kappa shape index (κ1) is 40.2. The first-order valence-corrected chi connectivity index (χ1v) is 22.8. The molecule has 0 atom stereocenters. The van der Waals surface area contributed by atoms with E-state index in [1.807, 2.05) is 0 Å². The number of nitrogens with one attached hydrogen (secondary N) is 2. The lowest BCUT2D eigenvalue weighted by Crippen LogP contribution is -2.58. The van der Waals surface area contributed by atoms with Crippen molar-refractivity contribution in [3.05, 3.63) is 143 Å². The van der Waals surface area contributed by atoms with Gasteiger partial charge in [-0.3, -0.25) is 19.6 Å². The van der Waals surface area contributed by atoms with Gasteiger partial charge in [0.15, 0.2) is 0 Å². The molecule has 6 nitrogen and oxygen atoms in total. The highest BCUT2D eigenvalue weighted by Gasteiger charge is 2.52. The van der Waals surface area contributed by atoms with Gasteiger partial charge in [-0.2, -0.15) is 0 Å². The van der Waals surface area contributed by atoms with Gasteiger partial charge in [0, 0.05) is 57.4 Å². The molecular formula is C53H68N6. The van der Waals surface area contributed by atoms with E-state index in [1.54, 1.807) is 0 Å². The molecule has 2 saturated carbocycles. The van der Waals surface area contributed by atoms with Gasteiger partial charge in [0.05, 0.1) is 11.1 Å². The predicted molar refractivity (Wildman–Crippen MR) is 247 cm³/mol. The van der Waals surface area contributed by atoms with Crippen molar-refractivity contribution in [2.24, 2.45) is 0 Å². The Morgan fingerprint density at radius 3 is 1.08 bits per heavy atom. The molecule has 2 aliphatic carbocycles. The van der Waals surface area contributed by atoms with Crippen LogP contribution < -0.4 is 0 Å². The predicted octanol–water partition coefficient (Wildman–Crippen LogP) is 11.2. The second kappa shape index (κ2) is 16.0. The number of hydrogen-bond acceptors (Lipinski definition) is 4. The van der Waals surface area contributed by atoms with Crippen LogP contribution in [0.15, 0.2) is 109 Å². The summed E-state index contributed by atoms with van der Waals surface area (Å²) in [5, 5.41) is 2.77. The molecule has 4 aromatic carbocycles. The lowest BCUT2D eigenvalue weighted by atomic mass is 9.66. The zero-order chi connectivity index (χ0) is 40.8. The normalized spacial score (nSPS) is 27.9. The van der Waals surface area contributed by atoms with Gasteiger partial charge in [0.25, 0.3) is 0 Å². The molecule has 2 aliphatic heterocycles. The summed E-state index contributed by atoms with van der Waals surface area (Å²) in [5.41, 5.74) is 11.9. The Kier molecular flexibility index (Phi) is 10.9. The quantitative estimate of drug-likeness (QED) is 0.161. The number of rotatable bonds is 8. The highest BCUT2D eigenvalue weighted by molar-refractivity contribution is 5.85. The first-order chi connectivity index (χ1) is 28.6. The van der Waals surface area contributed by atoms with Crippen LogP contribution in [0.2, 0.25) is 0 Å². The van der Waals surface area contributed by atoms with E-state index in [9.17, 15) is 0 Å². The summed E-state index contributed by atoms with van der Waals surface area (Å²) in [6.07, 6.45) is 13.6. The maximum atomic E-state index is 3.89. The average molecular weight is 789 g/mol. The number of hydrogen-bond donors (Lipinski definition) is 2. The Morgan fingerprint density at radius 1 is 0.424 bits per heavy atom. The fourth-order valence-corrected chi connectivity index (χ4v) is 12.5. The number of benzene rings is 4. The van der Waals surface area contributed by atoms with Gasteiger partial charge in [0.1, 0.15) is 0 Å². The van der Waals surface area contributed by atoms with Crippen LogP contribution in [0.25, 0.3) is 21.8 Å². The van der Waals surface area contributed by atoms with Gasteiger partial charge in [-0.15, -0.1) is 0 Å².